The maximum absolute atomic E-state index is 14.2. The van der Waals surface area contributed by atoms with Crippen molar-refractivity contribution in [2.24, 2.45) is 5.73 Å². The van der Waals surface area contributed by atoms with Crippen LogP contribution in [0, 0.1) is 5.41 Å². The molecule has 2 aromatic rings. The van der Waals surface area contributed by atoms with Crippen molar-refractivity contribution in [3.8, 4) is 5.75 Å². The third-order valence-corrected chi connectivity index (χ3v) is 15.2. The highest BCUT2D eigenvalue weighted by molar-refractivity contribution is 5.98. The second-order valence-electron chi connectivity index (χ2n) is 23.3. The number of ketones is 1. The molecule has 0 aliphatic carbocycles. The Balaban J connectivity index is 2.21. The molecule has 0 spiro atoms. The molecule has 0 fully saturated rings. The summed E-state index contributed by atoms with van der Waals surface area (Å²) in [6.45, 7) is 4.94. The largest absolute Gasteiger partial charge is 0.508 e. The number of carbonyl (C=O) groups excluding carboxylic acids is 11. The number of phenolic OH excluding ortho intramolecular Hbond substituents is 1. The zero-order chi connectivity index (χ0) is 69.8. The van der Waals surface area contributed by atoms with Crippen molar-refractivity contribution in [1.82, 2.24) is 58.5 Å². The van der Waals surface area contributed by atoms with Crippen molar-refractivity contribution in [2.75, 3.05) is 32.8 Å². The molecule has 0 saturated carbocycles. The van der Waals surface area contributed by atoms with E-state index in [1.165, 1.54) is 70.2 Å². The summed E-state index contributed by atoms with van der Waals surface area (Å²) in [4.78, 5) is 160. The van der Waals surface area contributed by atoms with Crippen LogP contribution >= 0.6 is 0 Å². The number of unbranched alkanes of at least 4 members (excludes halogenated alkanes) is 10. The lowest BCUT2D eigenvalue weighted by Gasteiger charge is -2.27. The van der Waals surface area contributed by atoms with Gasteiger partial charge in [-0.2, -0.15) is 0 Å². The van der Waals surface area contributed by atoms with Crippen LogP contribution in [-0.4, -0.2) is 178 Å². The number of amides is 10. The van der Waals surface area contributed by atoms with Crippen molar-refractivity contribution >= 4 is 76.8 Å². The fraction of sp³-hybridized carbons (Fsp3) is 0.615. The van der Waals surface area contributed by atoms with Crippen LogP contribution in [0.2, 0.25) is 0 Å². The fourth-order valence-corrected chi connectivity index (χ4v) is 9.85. The van der Waals surface area contributed by atoms with Gasteiger partial charge in [-0.1, -0.05) is 121 Å². The van der Waals surface area contributed by atoms with Gasteiger partial charge < -0.3 is 84.6 Å². The van der Waals surface area contributed by atoms with Crippen molar-refractivity contribution in [2.45, 2.75) is 224 Å². The van der Waals surface area contributed by atoms with E-state index < -0.39 is 133 Å². The van der Waals surface area contributed by atoms with Crippen molar-refractivity contribution in [3.63, 3.8) is 0 Å². The molecule has 2 aromatic carbocycles. The van der Waals surface area contributed by atoms with Gasteiger partial charge in [-0.05, 0) is 81.5 Å². The Morgan fingerprint density at radius 1 is 0.415 bits per heavy atom. The predicted molar refractivity (Wildman–Crippen MR) is 350 cm³/mol. The molecule has 0 aromatic heterocycles. The van der Waals surface area contributed by atoms with Gasteiger partial charge in [0, 0.05) is 58.7 Å². The Morgan fingerprint density at radius 3 is 1.32 bits per heavy atom. The summed E-state index contributed by atoms with van der Waals surface area (Å²) in [5, 5.41) is 75.9. The third kappa shape index (κ3) is 35.3. The minimum atomic E-state index is -1.80. The Labute approximate surface area is 550 Å². The Hall–Kier alpha value is -8.73. The standard InChI is InChI=1S/C65H103N13O16/c1-5-7-9-10-11-12-13-14-18-27-55(84)69-37-34-56(85)68-35-20-19-25-48(71-43(4)82)58(88)75-52(39-45-28-30-46(83)31-29-45)62(92)78-53(40-79)63(93)73-49(24-8-6-2)59(89)74-50(32-33-57(86)87)60(90)77-54(41-80)64(94)76-51(38-44-22-16-15-17-23-44)61(91)72-47(42(3)81)26-21-36-70-65(66)67/h15-17,22-23,28-31,47-54,79-80,83H,5-14,18-21,24-27,32-41H2,1-4H3,(H,68,85)(H,69,84)(H,71,82)(H,72,91)(H,73,93)(H,74,89)(H,75,88)(H,76,94)(H,77,90)(H,78,92)(H,86,87)(H4,66,67,70)/t47-,48-,49-,50-,51+,52?,53-,54?/m0/s1. The Morgan fingerprint density at radius 2 is 0.819 bits per heavy atom. The topological polar surface area (TPSA) is 468 Å². The van der Waals surface area contributed by atoms with Gasteiger partial charge in [-0.3, -0.25) is 62.9 Å². The number of guanidine groups is 1. The second-order valence-corrected chi connectivity index (χ2v) is 23.3. The third-order valence-electron chi connectivity index (χ3n) is 15.2. The number of hydrogen-bond acceptors (Lipinski definition) is 16. The normalized spacial score (nSPS) is 13.5. The molecule has 0 saturated heterocycles. The van der Waals surface area contributed by atoms with Gasteiger partial charge in [-0.25, -0.2) is 0 Å². The molecule has 18 N–H and O–H groups in total. The van der Waals surface area contributed by atoms with Crippen molar-refractivity contribution in [1.29, 1.82) is 5.41 Å². The first-order chi connectivity index (χ1) is 44.9. The molecular weight excluding hydrogens is 1220 g/mol. The van der Waals surface area contributed by atoms with Crippen LogP contribution in [0.1, 0.15) is 174 Å². The zero-order valence-corrected chi connectivity index (χ0v) is 54.9. The number of phenols is 1. The minimum absolute atomic E-state index is 0.0635. The second kappa shape index (κ2) is 47.2. The number of carboxylic acids is 1. The van der Waals surface area contributed by atoms with Gasteiger partial charge in [-0.15, -0.1) is 0 Å². The number of aliphatic carboxylic acids is 1. The SMILES string of the molecule is CCCCCCCCCCCC(=O)NCCC(=O)NCCCC[C@H](NC(C)=O)C(=O)NC(Cc1ccc(O)cc1)C(=O)N[C@@H](CO)C(=O)N[C@@H](CCCC)C(=O)N[C@@H](CCC(=O)O)C(=O)NC(CO)C(=O)N[C@H](Cc1ccccc1)C(=O)N[C@@H](CCCNC(=N)N)C(C)=O. The first-order valence-corrected chi connectivity index (χ1v) is 32.7. The lowest BCUT2D eigenvalue weighted by molar-refractivity contribution is -0.139. The molecule has 0 aliphatic rings. The van der Waals surface area contributed by atoms with Gasteiger partial charge in [0.2, 0.25) is 59.1 Å². The average Bonchev–Trinajstić information content (AvgIpc) is 2.64. The summed E-state index contributed by atoms with van der Waals surface area (Å²) in [6, 6.07) is 2.22. The summed E-state index contributed by atoms with van der Waals surface area (Å²) in [6.07, 6.45) is 10.9. The molecule has 10 amide bonds. The lowest BCUT2D eigenvalue weighted by Crippen LogP contribution is -2.61. The summed E-state index contributed by atoms with van der Waals surface area (Å²) < 4.78 is 0. The lowest BCUT2D eigenvalue weighted by atomic mass is 10.0. The van der Waals surface area contributed by atoms with E-state index in [0.29, 0.717) is 49.7 Å². The molecule has 8 atom stereocenters. The molecule has 524 valence electrons. The number of aromatic hydroxyl groups is 1. The van der Waals surface area contributed by atoms with Crippen LogP contribution in [0.4, 0.5) is 0 Å². The van der Waals surface area contributed by atoms with E-state index in [1.54, 1.807) is 37.3 Å². The molecule has 0 bridgehead atoms. The molecule has 0 heterocycles. The van der Waals surface area contributed by atoms with E-state index in [-0.39, 0.29) is 81.7 Å². The summed E-state index contributed by atoms with van der Waals surface area (Å²) in [7, 11) is 0. The van der Waals surface area contributed by atoms with Crippen LogP contribution in [0.15, 0.2) is 54.6 Å². The van der Waals surface area contributed by atoms with Crippen LogP contribution in [-0.2, 0) is 70.4 Å². The summed E-state index contributed by atoms with van der Waals surface area (Å²) >= 11 is 0. The first-order valence-electron chi connectivity index (χ1n) is 32.7. The molecule has 0 aliphatic heterocycles. The van der Waals surface area contributed by atoms with E-state index in [4.69, 9.17) is 11.1 Å². The highest BCUT2D eigenvalue weighted by Gasteiger charge is 2.35. The van der Waals surface area contributed by atoms with Crippen LogP contribution in [0.5, 0.6) is 5.75 Å². The molecule has 29 nitrogen and oxygen atoms in total. The van der Waals surface area contributed by atoms with E-state index in [9.17, 15) is 78.0 Å². The quantitative estimate of drug-likeness (QED) is 0.0246. The minimum Gasteiger partial charge on any atom is -0.508 e. The highest BCUT2D eigenvalue weighted by atomic mass is 16.4. The Bertz CT molecular complexity index is 2720. The van der Waals surface area contributed by atoms with E-state index >= 15 is 0 Å². The molecule has 29 heteroatoms. The maximum Gasteiger partial charge on any atom is 0.303 e. The number of carbonyl (C=O) groups is 12. The number of nitrogens with two attached hydrogens (primary N) is 1. The molecule has 0 radical (unpaired) electrons. The van der Waals surface area contributed by atoms with Crippen molar-refractivity contribution in [3.05, 3.63) is 65.7 Å². The van der Waals surface area contributed by atoms with Crippen molar-refractivity contribution < 1.29 is 78.0 Å². The average molecular weight is 1320 g/mol. The van der Waals surface area contributed by atoms with Gasteiger partial charge in [0.15, 0.2) is 11.7 Å². The van der Waals surface area contributed by atoms with Crippen LogP contribution < -0.4 is 64.2 Å². The highest BCUT2D eigenvalue weighted by Crippen LogP contribution is 2.15. The zero-order valence-electron chi connectivity index (χ0n) is 54.9. The van der Waals surface area contributed by atoms with Gasteiger partial charge in [0.05, 0.1) is 19.3 Å². The first kappa shape index (κ1) is 81.4. The molecule has 94 heavy (non-hydrogen) atoms. The fourth-order valence-electron chi connectivity index (χ4n) is 9.85. The number of carboxylic acid groups (broad SMARTS) is 1. The summed E-state index contributed by atoms with van der Waals surface area (Å²) in [5.41, 5.74) is 6.36. The monoisotopic (exact) mass is 1320 g/mol. The number of aliphatic hydroxyl groups is 2. The van der Waals surface area contributed by atoms with Crippen LogP contribution in [0.25, 0.3) is 0 Å². The number of aliphatic hydroxyl groups excluding tert-OH is 2. The molecular formula is C65H103N13O16. The maximum atomic E-state index is 14.2. The van der Waals surface area contributed by atoms with E-state index in [0.717, 1.165) is 25.7 Å². The van der Waals surface area contributed by atoms with E-state index in [2.05, 4.69) is 65.4 Å². The van der Waals surface area contributed by atoms with Gasteiger partial charge >= 0.3 is 5.97 Å². The van der Waals surface area contributed by atoms with Gasteiger partial charge in [0.25, 0.3) is 0 Å². The predicted octanol–water partition coefficient (Wildman–Crippen LogP) is 0.681. The van der Waals surface area contributed by atoms with Gasteiger partial charge in [0.1, 0.15) is 48.0 Å². The summed E-state index contributed by atoms with van der Waals surface area (Å²) in [5.74, 6) is -10.1. The molecule has 2 unspecified atom stereocenters. The number of nitrogens with one attached hydrogen (secondary N) is 12. The Kier molecular flexibility index (Phi) is 40.8. The number of rotatable bonds is 50. The number of Topliss-reactive ketones (excluding diaryl/α,β-unsaturated/α-hetero) is 1. The molecule has 2 rings (SSSR count). The number of hydrogen-bond donors (Lipinski definition) is 17. The smallest absolute Gasteiger partial charge is 0.303 e. The number of benzene rings is 2. The van der Waals surface area contributed by atoms with Crippen LogP contribution in [0.3, 0.4) is 0 Å². The van der Waals surface area contributed by atoms with E-state index in [1.807, 2.05) is 0 Å².